The summed E-state index contributed by atoms with van der Waals surface area (Å²) in [5.41, 5.74) is 2.14. The van der Waals surface area contributed by atoms with Crippen molar-refractivity contribution in [3.63, 3.8) is 0 Å². The molecule has 4 aromatic carbocycles. The van der Waals surface area contributed by atoms with Crippen molar-refractivity contribution in [2.24, 2.45) is 0 Å². The zero-order valence-corrected chi connectivity index (χ0v) is 20.9. The quantitative estimate of drug-likeness (QED) is 0.198. The highest BCUT2D eigenvalue weighted by atomic mass is 32.2. The summed E-state index contributed by atoms with van der Waals surface area (Å²) >= 11 is 0. The van der Waals surface area contributed by atoms with Crippen LogP contribution in [0, 0.1) is 0 Å². The van der Waals surface area contributed by atoms with Gasteiger partial charge in [-0.05, 0) is 97.5 Å². The van der Waals surface area contributed by atoms with Crippen molar-refractivity contribution in [1.29, 1.82) is 0 Å². The van der Waals surface area contributed by atoms with Gasteiger partial charge in [-0.15, -0.1) is 0 Å². The molecule has 0 saturated carbocycles. The van der Waals surface area contributed by atoms with E-state index in [-0.39, 0.29) is 6.61 Å². The second kappa shape index (κ2) is 9.51. The third-order valence-electron chi connectivity index (χ3n) is 5.51. The van der Waals surface area contributed by atoms with Gasteiger partial charge in [-0.1, -0.05) is 36.4 Å². The molecule has 0 N–H and O–H groups in total. The van der Waals surface area contributed by atoms with Crippen LogP contribution in [0.2, 0.25) is 0 Å². The van der Waals surface area contributed by atoms with Gasteiger partial charge in [0, 0.05) is 9.79 Å². The Labute approximate surface area is 208 Å². The maximum atomic E-state index is 11.8. The highest BCUT2D eigenvalue weighted by molar-refractivity contribution is 8.17. The van der Waals surface area contributed by atoms with Crippen LogP contribution in [0.25, 0.3) is 11.1 Å². The smallest absolute Gasteiger partial charge is 0.344 e. The highest BCUT2D eigenvalue weighted by Crippen LogP contribution is 2.62. The normalized spacial score (nSPS) is 13.1. The minimum Gasteiger partial charge on any atom is -0.482 e. The minimum absolute atomic E-state index is 0.131. The summed E-state index contributed by atoms with van der Waals surface area (Å²) in [6, 6.07) is 33.0. The summed E-state index contributed by atoms with van der Waals surface area (Å²) in [5.74, 6) is 1.66. The number of ether oxygens (including phenoxy) is 3. The van der Waals surface area contributed by atoms with Crippen LogP contribution in [0.1, 0.15) is 20.8 Å². The van der Waals surface area contributed by atoms with Crippen molar-refractivity contribution in [2.45, 2.75) is 41.1 Å². The van der Waals surface area contributed by atoms with Crippen molar-refractivity contribution >= 4 is 16.9 Å². The van der Waals surface area contributed by atoms with Gasteiger partial charge in [-0.2, -0.15) is 10.9 Å². The SMILES string of the molecule is CC(C)(C)OC(=O)COc1ccc(Oc2ccc([SH]3c4ccccc4-c4ccccc43)cc2)cc1. The van der Waals surface area contributed by atoms with E-state index in [1.54, 1.807) is 12.1 Å². The second-order valence-electron chi connectivity index (χ2n) is 9.31. The van der Waals surface area contributed by atoms with E-state index < -0.39 is 22.5 Å². The Balaban J connectivity index is 1.25. The monoisotopic (exact) mass is 484 g/mol. The zero-order valence-electron chi connectivity index (χ0n) is 20.0. The maximum absolute atomic E-state index is 11.8. The summed E-state index contributed by atoms with van der Waals surface area (Å²) in [7, 11) is -0.577. The topological polar surface area (TPSA) is 44.8 Å². The van der Waals surface area contributed by atoms with E-state index in [2.05, 4.69) is 60.7 Å². The van der Waals surface area contributed by atoms with Crippen LogP contribution in [0.15, 0.2) is 112 Å². The van der Waals surface area contributed by atoms with Crippen LogP contribution in [-0.2, 0) is 9.53 Å². The van der Waals surface area contributed by atoms with Gasteiger partial charge < -0.3 is 14.2 Å². The lowest BCUT2D eigenvalue weighted by Gasteiger charge is -2.19. The molecule has 0 atom stereocenters. The molecule has 0 saturated heterocycles. The molecule has 0 bridgehead atoms. The maximum Gasteiger partial charge on any atom is 0.344 e. The molecule has 35 heavy (non-hydrogen) atoms. The van der Waals surface area contributed by atoms with Crippen LogP contribution in [0.5, 0.6) is 17.2 Å². The second-order valence-corrected chi connectivity index (χ2v) is 11.5. The number of benzene rings is 4. The molecular weight excluding hydrogens is 456 g/mol. The van der Waals surface area contributed by atoms with Gasteiger partial charge in [0.2, 0.25) is 0 Å². The van der Waals surface area contributed by atoms with E-state index >= 15 is 0 Å². The Morgan fingerprint density at radius 3 is 1.71 bits per heavy atom. The lowest BCUT2D eigenvalue weighted by Crippen LogP contribution is -2.27. The van der Waals surface area contributed by atoms with Crippen LogP contribution < -0.4 is 9.47 Å². The summed E-state index contributed by atoms with van der Waals surface area (Å²) in [6.07, 6.45) is 0. The first kappa shape index (κ1) is 23.1. The molecule has 1 aliphatic rings. The van der Waals surface area contributed by atoms with Gasteiger partial charge in [0.05, 0.1) is 0 Å². The van der Waals surface area contributed by atoms with Gasteiger partial charge in [0.1, 0.15) is 22.8 Å². The lowest BCUT2D eigenvalue weighted by molar-refractivity contribution is -0.157. The van der Waals surface area contributed by atoms with E-state index in [4.69, 9.17) is 14.2 Å². The van der Waals surface area contributed by atoms with Gasteiger partial charge in [-0.3, -0.25) is 0 Å². The molecule has 0 aliphatic carbocycles. The molecule has 5 heteroatoms. The summed E-state index contributed by atoms with van der Waals surface area (Å²) in [5, 5.41) is 0. The number of rotatable bonds is 6. The standard InChI is InChI=1S/C30H28O4S/c1-30(2,3)34-29(31)20-32-21-12-14-22(15-13-21)33-23-16-18-24(19-17-23)35-27-10-6-4-8-25(27)26-9-5-7-11-28(26)35/h4-19,35H,20H2,1-3H3. The van der Waals surface area contributed by atoms with E-state index in [0.717, 1.165) is 5.75 Å². The lowest BCUT2D eigenvalue weighted by atomic mass is 10.1. The molecule has 0 unspecified atom stereocenters. The number of carbonyl (C=O) groups excluding carboxylic acids is 1. The van der Waals surface area contributed by atoms with Gasteiger partial charge in [0.15, 0.2) is 6.61 Å². The number of fused-ring (bicyclic) bond motifs is 3. The Morgan fingerprint density at radius 2 is 1.17 bits per heavy atom. The van der Waals surface area contributed by atoms with Crippen molar-refractivity contribution in [3.8, 4) is 28.4 Å². The number of hydrogen-bond acceptors (Lipinski definition) is 4. The fourth-order valence-corrected chi connectivity index (χ4v) is 6.72. The van der Waals surface area contributed by atoms with Gasteiger partial charge >= 0.3 is 5.97 Å². The van der Waals surface area contributed by atoms with Crippen LogP contribution in [0.3, 0.4) is 0 Å². The van der Waals surface area contributed by atoms with E-state index in [1.165, 1.54) is 25.8 Å². The number of thiol groups is 1. The molecule has 1 aliphatic heterocycles. The molecule has 0 aromatic heterocycles. The molecule has 0 spiro atoms. The van der Waals surface area contributed by atoms with Crippen molar-refractivity contribution < 1.29 is 19.0 Å². The van der Waals surface area contributed by atoms with Crippen LogP contribution in [-0.4, -0.2) is 18.2 Å². The Bertz CT molecular complexity index is 1290. The molecule has 178 valence electrons. The number of hydrogen-bond donors (Lipinski definition) is 1. The minimum atomic E-state index is -0.577. The number of esters is 1. The largest absolute Gasteiger partial charge is 0.482 e. The average Bonchev–Trinajstić information content (AvgIpc) is 3.18. The van der Waals surface area contributed by atoms with Crippen molar-refractivity contribution in [3.05, 3.63) is 97.1 Å². The molecule has 4 nitrogen and oxygen atoms in total. The first-order valence-corrected chi connectivity index (χ1v) is 12.9. The average molecular weight is 485 g/mol. The predicted octanol–water partition coefficient (Wildman–Crippen LogP) is 7.66. The molecular formula is C30H28O4S. The fourth-order valence-electron chi connectivity index (χ4n) is 4.12. The van der Waals surface area contributed by atoms with Gasteiger partial charge in [0.25, 0.3) is 0 Å². The molecule has 0 amide bonds. The fraction of sp³-hybridized carbons (Fsp3) is 0.167. The Hall–Kier alpha value is -3.70. The molecule has 5 rings (SSSR count). The highest BCUT2D eigenvalue weighted by Gasteiger charge is 2.26. The summed E-state index contributed by atoms with van der Waals surface area (Å²) in [6.45, 7) is 5.36. The van der Waals surface area contributed by atoms with E-state index in [9.17, 15) is 4.79 Å². The third kappa shape index (κ3) is 5.20. The first-order valence-electron chi connectivity index (χ1n) is 11.6. The van der Waals surface area contributed by atoms with Crippen molar-refractivity contribution in [2.75, 3.05) is 6.61 Å². The molecule has 4 aromatic rings. The first-order chi connectivity index (χ1) is 16.9. The molecule has 0 radical (unpaired) electrons. The van der Waals surface area contributed by atoms with Gasteiger partial charge in [-0.25, -0.2) is 4.79 Å². The van der Waals surface area contributed by atoms with E-state index in [0.29, 0.717) is 11.5 Å². The molecule has 0 fully saturated rings. The summed E-state index contributed by atoms with van der Waals surface area (Å²) < 4.78 is 16.8. The Kier molecular flexibility index (Phi) is 6.27. The molecule has 1 heterocycles. The third-order valence-corrected chi connectivity index (χ3v) is 8.07. The van der Waals surface area contributed by atoms with Crippen LogP contribution >= 0.6 is 10.9 Å². The van der Waals surface area contributed by atoms with Crippen molar-refractivity contribution in [1.82, 2.24) is 0 Å². The Morgan fingerprint density at radius 1 is 0.686 bits per heavy atom. The zero-order chi connectivity index (χ0) is 24.4. The van der Waals surface area contributed by atoms with E-state index in [1.807, 2.05) is 45.0 Å². The summed E-state index contributed by atoms with van der Waals surface area (Å²) in [4.78, 5) is 15.9. The van der Waals surface area contributed by atoms with Crippen LogP contribution in [0.4, 0.5) is 0 Å². The number of carbonyl (C=O) groups is 1. The predicted molar refractivity (Wildman–Crippen MR) is 140 cm³/mol.